The van der Waals surface area contributed by atoms with Crippen LogP contribution >= 0.6 is 11.6 Å². The van der Waals surface area contributed by atoms with E-state index in [1.807, 2.05) is 0 Å². The molecular formula is C25H18ClF3N4O2. The number of hydrogen-bond donors (Lipinski definition) is 2. The molecule has 3 aromatic carbocycles. The maximum Gasteiger partial charge on any atom is 0.434 e. The Morgan fingerprint density at radius 3 is 2.06 bits per heavy atom. The number of alkyl halides is 3. The average molecular weight is 499 g/mol. The van der Waals surface area contributed by atoms with Crippen LogP contribution in [0.25, 0.3) is 5.69 Å². The van der Waals surface area contributed by atoms with E-state index >= 15 is 0 Å². The van der Waals surface area contributed by atoms with Gasteiger partial charge in [-0.1, -0.05) is 35.9 Å². The van der Waals surface area contributed by atoms with Crippen molar-refractivity contribution in [3.05, 3.63) is 106 Å². The molecule has 4 aromatic rings. The van der Waals surface area contributed by atoms with Gasteiger partial charge >= 0.3 is 6.18 Å². The summed E-state index contributed by atoms with van der Waals surface area (Å²) in [5, 5.41) is 9.39. The molecule has 10 heteroatoms. The molecule has 0 unspecified atom stereocenters. The minimum Gasteiger partial charge on any atom is -0.322 e. The van der Waals surface area contributed by atoms with Crippen LogP contribution in [0.5, 0.6) is 0 Å². The van der Waals surface area contributed by atoms with E-state index in [0.717, 1.165) is 6.20 Å². The first-order valence-corrected chi connectivity index (χ1v) is 10.7. The fourth-order valence-electron chi connectivity index (χ4n) is 3.45. The fourth-order valence-corrected chi connectivity index (χ4v) is 3.57. The number of nitrogens with one attached hydrogen (secondary N) is 2. The van der Waals surface area contributed by atoms with Gasteiger partial charge in [-0.25, -0.2) is 4.68 Å². The molecular weight excluding hydrogens is 481 g/mol. The van der Waals surface area contributed by atoms with Crippen molar-refractivity contribution in [2.45, 2.75) is 13.1 Å². The van der Waals surface area contributed by atoms with Crippen molar-refractivity contribution < 1.29 is 22.8 Å². The zero-order valence-corrected chi connectivity index (χ0v) is 19.0. The van der Waals surface area contributed by atoms with Crippen molar-refractivity contribution in [3.63, 3.8) is 0 Å². The standard InChI is InChI=1S/C25H18ClF3N4O2/c1-15-20(31-23(34)16-6-3-2-4-7-16)8-5-9-21(15)32-24(35)19-14-30-33(22(19)25(27,28)29)18-12-10-17(26)11-13-18/h2-14H,1H3,(H,31,34)(H,32,35). The van der Waals surface area contributed by atoms with Crippen LogP contribution in [-0.2, 0) is 6.18 Å². The van der Waals surface area contributed by atoms with Crippen molar-refractivity contribution in [2.24, 2.45) is 0 Å². The average Bonchev–Trinajstić information content (AvgIpc) is 3.29. The highest BCUT2D eigenvalue weighted by molar-refractivity contribution is 6.30. The molecule has 4 rings (SSSR count). The highest BCUT2D eigenvalue weighted by Gasteiger charge is 2.40. The normalized spacial score (nSPS) is 11.2. The molecule has 35 heavy (non-hydrogen) atoms. The van der Waals surface area contributed by atoms with E-state index in [1.54, 1.807) is 49.4 Å². The Kier molecular flexibility index (Phi) is 6.61. The molecule has 0 bridgehead atoms. The Morgan fingerprint density at radius 1 is 0.857 bits per heavy atom. The number of hydrogen-bond acceptors (Lipinski definition) is 3. The number of nitrogens with zero attached hydrogens (tertiary/aromatic N) is 2. The summed E-state index contributed by atoms with van der Waals surface area (Å²) < 4.78 is 42.5. The number of benzene rings is 3. The van der Waals surface area contributed by atoms with Crippen LogP contribution in [0.15, 0.2) is 79.0 Å². The highest BCUT2D eigenvalue weighted by atomic mass is 35.5. The maximum absolute atomic E-state index is 13.9. The SMILES string of the molecule is Cc1c(NC(=O)c2ccccc2)cccc1NC(=O)c1cnn(-c2ccc(Cl)cc2)c1C(F)(F)F. The Balaban J connectivity index is 1.62. The molecule has 0 spiro atoms. The molecule has 0 atom stereocenters. The molecule has 0 aliphatic rings. The molecule has 6 nitrogen and oxygen atoms in total. The lowest BCUT2D eigenvalue weighted by Crippen LogP contribution is -2.21. The first-order chi connectivity index (χ1) is 16.6. The van der Waals surface area contributed by atoms with Crippen LogP contribution in [0.2, 0.25) is 5.02 Å². The van der Waals surface area contributed by atoms with Crippen LogP contribution in [0.3, 0.4) is 0 Å². The lowest BCUT2D eigenvalue weighted by atomic mass is 10.1. The maximum atomic E-state index is 13.9. The van der Waals surface area contributed by atoms with Gasteiger partial charge in [0.25, 0.3) is 11.8 Å². The third kappa shape index (κ3) is 5.20. The van der Waals surface area contributed by atoms with Gasteiger partial charge < -0.3 is 10.6 Å². The third-order valence-electron chi connectivity index (χ3n) is 5.22. The van der Waals surface area contributed by atoms with Gasteiger partial charge in [0.05, 0.1) is 17.4 Å². The van der Waals surface area contributed by atoms with Gasteiger partial charge in [-0.3, -0.25) is 9.59 Å². The number of aromatic nitrogens is 2. The third-order valence-corrected chi connectivity index (χ3v) is 5.47. The van der Waals surface area contributed by atoms with E-state index in [-0.39, 0.29) is 17.3 Å². The van der Waals surface area contributed by atoms with Gasteiger partial charge in [-0.05, 0) is 61.0 Å². The van der Waals surface area contributed by atoms with Crippen LogP contribution in [0.1, 0.15) is 32.0 Å². The van der Waals surface area contributed by atoms with E-state index in [9.17, 15) is 22.8 Å². The van der Waals surface area contributed by atoms with Gasteiger partial charge in [-0.2, -0.15) is 18.3 Å². The molecule has 0 saturated carbocycles. The molecule has 0 fully saturated rings. The molecule has 0 aliphatic carbocycles. The van der Waals surface area contributed by atoms with Crippen molar-refractivity contribution in [3.8, 4) is 5.69 Å². The van der Waals surface area contributed by atoms with Crippen molar-refractivity contribution in [1.82, 2.24) is 9.78 Å². The zero-order valence-electron chi connectivity index (χ0n) is 18.2. The van der Waals surface area contributed by atoms with E-state index in [0.29, 0.717) is 26.5 Å². The number of rotatable bonds is 5. The first kappa shape index (κ1) is 24.0. The number of halogens is 4. The fraction of sp³-hybridized carbons (Fsp3) is 0.0800. The number of amides is 2. The second-order valence-corrected chi connectivity index (χ2v) is 7.98. The summed E-state index contributed by atoms with van der Waals surface area (Å²) in [7, 11) is 0. The summed E-state index contributed by atoms with van der Waals surface area (Å²) >= 11 is 5.83. The molecule has 1 heterocycles. The molecule has 2 N–H and O–H groups in total. The Labute approximate surface area is 203 Å². The van der Waals surface area contributed by atoms with E-state index < -0.39 is 23.3 Å². The second kappa shape index (κ2) is 9.63. The van der Waals surface area contributed by atoms with E-state index in [4.69, 9.17) is 11.6 Å². The molecule has 1 aromatic heterocycles. The lowest BCUT2D eigenvalue weighted by molar-refractivity contribution is -0.143. The van der Waals surface area contributed by atoms with Crippen LogP contribution in [0.4, 0.5) is 24.5 Å². The van der Waals surface area contributed by atoms with Gasteiger partial charge in [-0.15, -0.1) is 0 Å². The van der Waals surface area contributed by atoms with Gasteiger partial charge in [0.1, 0.15) is 0 Å². The minimum atomic E-state index is -4.86. The molecule has 0 saturated heterocycles. The largest absolute Gasteiger partial charge is 0.434 e. The summed E-state index contributed by atoms with van der Waals surface area (Å²) in [5.74, 6) is -1.35. The summed E-state index contributed by atoms with van der Waals surface area (Å²) in [6.07, 6.45) is -3.99. The van der Waals surface area contributed by atoms with Crippen molar-refractivity contribution in [2.75, 3.05) is 10.6 Å². The topological polar surface area (TPSA) is 76.0 Å². The first-order valence-electron chi connectivity index (χ1n) is 10.3. The van der Waals surface area contributed by atoms with Gasteiger partial charge in [0.2, 0.25) is 0 Å². The lowest BCUT2D eigenvalue weighted by Gasteiger charge is -2.15. The van der Waals surface area contributed by atoms with Gasteiger partial charge in [0, 0.05) is 22.0 Å². The smallest absolute Gasteiger partial charge is 0.322 e. The Morgan fingerprint density at radius 2 is 1.46 bits per heavy atom. The number of anilines is 2. The molecule has 0 aliphatic heterocycles. The van der Waals surface area contributed by atoms with Crippen LogP contribution in [-0.4, -0.2) is 21.6 Å². The van der Waals surface area contributed by atoms with E-state index in [2.05, 4.69) is 15.7 Å². The highest BCUT2D eigenvalue weighted by Crippen LogP contribution is 2.34. The monoisotopic (exact) mass is 498 g/mol. The number of carbonyl (C=O) groups is 2. The second-order valence-electron chi connectivity index (χ2n) is 7.55. The van der Waals surface area contributed by atoms with Crippen LogP contribution in [0, 0.1) is 6.92 Å². The van der Waals surface area contributed by atoms with Crippen molar-refractivity contribution in [1.29, 1.82) is 0 Å². The number of carbonyl (C=O) groups excluding carboxylic acids is 2. The Bertz CT molecular complexity index is 1380. The van der Waals surface area contributed by atoms with E-state index in [1.165, 1.54) is 30.3 Å². The molecule has 178 valence electrons. The zero-order chi connectivity index (χ0) is 25.2. The summed E-state index contributed by atoms with van der Waals surface area (Å²) in [6, 6.07) is 18.8. The minimum absolute atomic E-state index is 0.0996. The van der Waals surface area contributed by atoms with Crippen molar-refractivity contribution >= 4 is 34.8 Å². The summed E-state index contributed by atoms with van der Waals surface area (Å²) in [5.41, 5.74) is -0.205. The summed E-state index contributed by atoms with van der Waals surface area (Å²) in [4.78, 5) is 25.4. The predicted octanol–water partition coefficient (Wildman–Crippen LogP) is 6.36. The predicted molar refractivity (Wildman–Crippen MR) is 127 cm³/mol. The Hall–Kier alpha value is -4.11. The van der Waals surface area contributed by atoms with Crippen LogP contribution < -0.4 is 10.6 Å². The summed E-state index contributed by atoms with van der Waals surface area (Å²) in [6.45, 7) is 1.64. The van der Waals surface area contributed by atoms with Gasteiger partial charge in [0.15, 0.2) is 5.69 Å². The molecule has 0 radical (unpaired) electrons. The quantitative estimate of drug-likeness (QED) is 0.336. The molecule has 2 amide bonds.